The van der Waals surface area contributed by atoms with Gasteiger partial charge in [0.25, 0.3) is 0 Å². The summed E-state index contributed by atoms with van der Waals surface area (Å²) in [7, 11) is 0. The molecule has 3 rings (SSSR count). The maximum Gasteiger partial charge on any atom is 0.189 e. The molecule has 2 N–H and O–H groups in total. The van der Waals surface area contributed by atoms with Crippen molar-refractivity contribution in [1.82, 2.24) is 4.98 Å². The van der Waals surface area contributed by atoms with Crippen LogP contribution in [0.5, 0.6) is 0 Å². The number of hydrogen-bond donors (Lipinski definition) is 2. The van der Waals surface area contributed by atoms with Gasteiger partial charge in [0.2, 0.25) is 0 Å². The van der Waals surface area contributed by atoms with E-state index < -0.39 is 0 Å². The van der Waals surface area contributed by atoms with Gasteiger partial charge >= 0.3 is 0 Å². The van der Waals surface area contributed by atoms with Crippen LogP contribution >= 0.6 is 35.2 Å². The average molecular weight is 402 g/mol. The zero-order chi connectivity index (χ0) is 18.7. The fourth-order valence-electron chi connectivity index (χ4n) is 2.40. The summed E-state index contributed by atoms with van der Waals surface area (Å²) in [6, 6.07) is 15.9. The number of nitrogens with one attached hydrogen (secondary N) is 2. The van der Waals surface area contributed by atoms with Crippen molar-refractivity contribution in [1.29, 1.82) is 0 Å². The zero-order valence-corrected chi connectivity index (χ0v) is 17.2. The second-order valence-corrected chi connectivity index (χ2v) is 8.65. The first kappa shape index (κ1) is 18.8. The molecule has 0 atom stereocenters. The van der Waals surface area contributed by atoms with Crippen LogP contribution in [-0.4, -0.2) is 10.1 Å². The Morgan fingerprint density at radius 2 is 1.65 bits per heavy atom. The number of aromatic nitrogens is 1. The van der Waals surface area contributed by atoms with Gasteiger partial charge in [-0.25, -0.2) is 4.98 Å². The van der Waals surface area contributed by atoms with Gasteiger partial charge in [-0.15, -0.1) is 11.3 Å². The SMILES string of the molecule is CC(C)(C)c1ccc(-c2csc(NC(=S)Nc3ccc(Cl)cc3)n2)cc1. The Bertz CT molecular complexity index is 894. The topological polar surface area (TPSA) is 37.0 Å². The highest BCUT2D eigenvalue weighted by Crippen LogP contribution is 2.28. The van der Waals surface area contributed by atoms with E-state index >= 15 is 0 Å². The molecular weight excluding hydrogens is 382 g/mol. The monoisotopic (exact) mass is 401 g/mol. The molecule has 3 aromatic rings. The first-order valence-electron chi connectivity index (χ1n) is 8.21. The molecular formula is C20H20ClN3S2. The Balaban J connectivity index is 1.66. The maximum atomic E-state index is 5.89. The van der Waals surface area contributed by atoms with Gasteiger partial charge in [0, 0.05) is 21.7 Å². The minimum Gasteiger partial charge on any atom is -0.332 e. The average Bonchev–Trinajstić information content (AvgIpc) is 3.04. The number of benzene rings is 2. The van der Waals surface area contributed by atoms with Crippen LogP contribution in [0.25, 0.3) is 11.3 Å². The molecule has 0 aliphatic heterocycles. The highest BCUT2D eigenvalue weighted by molar-refractivity contribution is 7.80. The van der Waals surface area contributed by atoms with Crippen LogP contribution in [0.4, 0.5) is 10.8 Å². The Morgan fingerprint density at radius 1 is 1.00 bits per heavy atom. The van der Waals surface area contributed by atoms with Crippen LogP contribution < -0.4 is 10.6 Å². The second-order valence-electron chi connectivity index (χ2n) is 6.95. The Kier molecular flexibility index (Phi) is 5.61. The van der Waals surface area contributed by atoms with Crippen LogP contribution in [0, 0.1) is 0 Å². The summed E-state index contributed by atoms with van der Waals surface area (Å²) in [4.78, 5) is 4.63. The van der Waals surface area contributed by atoms with E-state index in [1.807, 2.05) is 29.6 Å². The molecule has 0 saturated heterocycles. The van der Waals surface area contributed by atoms with E-state index in [9.17, 15) is 0 Å². The number of rotatable bonds is 3. The first-order chi connectivity index (χ1) is 12.3. The molecule has 0 aliphatic carbocycles. The molecule has 0 radical (unpaired) electrons. The van der Waals surface area contributed by atoms with Gasteiger partial charge in [-0.1, -0.05) is 56.6 Å². The minimum atomic E-state index is 0.146. The smallest absolute Gasteiger partial charge is 0.189 e. The van der Waals surface area contributed by atoms with E-state index in [2.05, 4.69) is 60.7 Å². The van der Waals surface area contributed by atoms with E-state index in [4.69, 9.17) is 23.8 Å². The van der Waals surface area contributed by atoms with Crippen molar-refractivity contribution in [3.63, 3.8) is 0 Å². The molecule has 134 valence electrons. The largest absolute Gasteiger partial charge is 0.332 e. The molecule has 2 aromatic carbocycles. The molecule has 1 heterocycles. The van der Waals surface area contributed by atoms with Crippen molar-refractivity contribution < 1.29 is 0 Å². The third-order valence-corrected chi connectivity index (χ3v) is 5.09. The van der Waals surface area contributed by atoms with Gasteiger partial charge in [-0.05, 0) is 47.5 Å². The van der Waals surface area contributed by atoms with Gasteiger partial charge in [0.1, 0.15) is 0 Å². The predicted octanol–water partition coefficient (Wildman–Crippen LogP) is 6.57. The summed E-state index contributed by atoms with van der Waals surface area (Å²) in [6.07, 6.45) is 0. The maximum absolute atomic E-state index is 5.89. The Labute approximate surface area is 168 Å². The number of halogens is 1. The molecule has 0 amide bonds. The van der Waals surface area contributed by atoms with Crippen molar-refractivity contribution in [3.05, 3.63) is 64.5 Å². The fraction of sp³-hybridized carbons (Fsp3) is 0.200. The van der Waals surface area contributed by atoms with E-state index in [0.717, 1.165) is 22.1 Å². The molecule has 3 nitrogen and oxygen atoms in total. The third kappa shape index (κ3) is 4.81. The molecule has 0 spiro atoms. The molecule has 0 bridgehead atoms. The molecule has 6 heteroatoms. The van der Waals surface area contributed by atoms with Crippen LogP contribution in [0.15, 0.2) is 53.9 Å². The summed E-state index contributed by atoms with van der Waals surface area (Å²) < 4.78 is 0. The molecule has 0 fully saturated rings. The number of hydrogen-bond acceptors (Lipinski definition) is 3. The molecule has 0 aliphatic rings. The molecule has 0 unspecified atom stereocenters. The van der Waals surface area contributed by atoms with Crippen LogP contribution in [-0.2, 0) is 5.41 Å². The lowest BCUT2D eigenvalue weighted by molar-refractivity contribution is 0.590. The Morgan fingerprint density at radius 3 is 2.27 bits per heavy atom. The Hall–Kier alpha value is -1.95. The standard InChI is InChI=1S/C20H20ClN3S2/c1-20(2,3)14-6-4-13(5-7-14)17-12-26-19(23-17)24-18(25)22-16-10-8-15(21)9-11-16/h4-12H,1-3H3,(H2,22,23,24,25). The molecule has 1 aromatic heterocycles. The van der Waals surface area contributed by atoms with Gasteiger partial charge < -0.3 is 10.6 Å². The van der Waals surface area contributed by atoms with Crippen LogP contribution in [0.2, 0.25) is 5.02 Å². The summed E-state index contributed by atoms with van der Waals surface area (Å²) >= 11 is 12.8. The fourth-order valence-corrected chi connectivity index (χ4v) is 3.53. The van der Waals surface area contributed by atoms with E-state index in [-0.39, 0.29) is 5.41 Å². The zero-order valence-electron chi connectivity index (χ0n) is 14.8. The van der Waals surface area contributed by atoms with E-state index in [0.29, 0.717) is 10.1 Å². The van der Waals surface area contributed by atoms with Gasteiger partial charge in [0.05, 0.1) is 5.69 Å². The van der Waals surface area contributed by atoms with E-state index in [1.54, 1.807) is 0 Å². The van der Waals surface area contributed by atoms with Crippen molar-refractivity contribution in [3.8, 4) is 11.3 Å². The minimum absolute atomic E-state index is 0.146. The quantitative estimate of drug-likeness (QED) is 0.486. The van der Waals surface area contributed by atoms with Crippen LogP contribution in [0.1, 0.15) is 26.3 Å². The third-order valence-electron chi connectivity index (χ3n) is 3.87. The molecule has 0 saturated carbocycles. The van der Waals surface area contributed by atoms with Crippen molar-refractivity contribution in [2.75, 3.05) is 10.6 Å². The highest BCUT2D eigenvalue weighted by atomic mass is 35.5. The first-order valence-corrected chi connectivity index (χ1v) is 9.88. The summed E-state index contributed by atoms with van der Waals surface area (Å²) in [5, 5.41) is 10.2. The summed E-state index contributed by atoms with van der Waals surface area (Å²) in [5.74, 6) is 0. The lowest BCUT2D eigenvalue weighted by Crippen LogP contribution is -2.18. The lowest BCUT2D eigenvalue weighted by atomic mass is 9.86. The number of nitrogens with zero attached hydrogens (tertiary/aromatic N) is 1. The number of thiazole rings is 1. The van der Waals surface area contributed by atoms with Crippen molar-refractivity contribution in [2.24, 2.45) is 0 Å². The highest BCUT2D eigenvalue weighted by Gasteiger charge is 2.13. The number of anilines is 2. The normalized spacial score (nSPS) is 11.2. The van der Waals surface area contributed by atoms with Gasteiger partial charge in [-0.3, -0.25) is 0 Å². The van der Waals surface area contributed by atoms with Gasteiger partial charge in [-0.2, -0.15) is 0 Å². The van der Waals surface area contributed by atoms with Crippen molar-refractivity contribution in [2.45, 2.75) is 26.2 Å². The summed E-state index contributed by atoms with van der Waals surface area (Å²) in [5.41, 5.74) is 4.36. The van der Waals surface area contributed by atoms with Gasteiger partial charge in [0.15, 0.2) is 10.2 Å². The molecule has 26 heavy (non-hydrogen) atoms. The van der Waals surface area contributed by atoms with Crippen LogP contribution in [0.3, 0.4) is 0 Å². The number of thiocarbonyl (C=S) groups is 1. The second kappa shape index (κ2) is 7.74. The van der Waals surface area contributed by atoms with Crippen molar-refractivity contribution >= 4 is 51.1 Å². The summed E-state index contributed by atoms with van der Waals surface area (Å²) in [6.45, 7) is 6.63. The predicted molar refractivity (Wildman–Crippen MR) is 118 cm³/mol. The van der Waals surface area contributed by atoms with E-state index in [1.165, 1.54) is 16.9 Å². The lowest BCUT2D eigenvalue weighted by Gasteiger charge is -2.18.